The van der Waals surface area contributed by atoms with Crippen LogP contribution in [0.15, 0.2) is 54.6 Å². The first-order valence-electron chi connectivity index (χ1n) is 5.95. The summed E-state index contributed by atoms with van der Waals surface area (Å²) < 4.78 is 5.12. The highest BCUT2D eigenvalue weighted by atomic mass is 16.5. The predicted octanol–water partition coefficient (Wildman–Crippen LogP) is 2.45. The second-order valence-electron chi connectivity index (χ2n) is 4.13. The van der Waals surface area contributed by atoms with Crippen LogP contribution in [0.1, 0.15) is 17.2 Å². The van der Waals surface area contributed by atoms with Crippen LogP contribution in [0.4, 0.5) is 4.79 Å². The molecule has 19 heavy (non-hydrogen) atoms. The van der Waals surface area contributed by atoms with Crippen molar-refractivity contribution in [2.75, 3.05) is 7.11 Å². The van der Waals surface area contributed by atoms with Gasteiger partial charge in [0.2, 0.25) is 0 Å². The number of ether oxygens (including phenoxy) is 1. The molecule has 0 aliphatic carbocycles. The fraction of sp³-hybridized carbons (Fsp3) is 0.133. The van der Waals surface area contributed by atoms with Crippen molar-refractivity contribution in [3.8, 4) is 5.75 Å². The van der Waals surface area contributed by atoms with Gasteiger partial charge in [0.05, 0.1) is 13.2 Å². The Hall–Kier alpha value is -2.49. The third-order valence-electron chi connectivity index (χ3n) is 2.87. The predicted molar refractivity (Wildman–Crippen MR) is 74.0 cm³/mol. The molecule has 0 fully saturated rings. The quantitative estimate of drug-likeness (QED) is 0.882. The number of methoxy groups -OCH3 is 1. The molecule has 0 spiro atoms. The number of benzene rings is 2. The van der Waals surface area contributed by atoms with Crippen molar-refractivity contribution in [1.82, 2.24) is 5.32 Å². The molecule has 0 saturated carbocycles. The normalized spacial score (nSPS) is 11.6. The number of nitrogens with two attached hydrogens (primary N) is 1. The van der Waals surface area contributed by atoms with Gasteiger partial charge in [-0.05, 0) is 23.3 Å². The highest BCUT2D eigenvalue weighted by Crippen LogP contribution is 2.23. The van der Waals surface area contributed by atoms with Crippen LogP contribution in [0.25, 0.3) is 0 Å². The lowest BCUT2D eigenvalue weighted by molar-refractivity contribution is 0.247. The van der Waals surface area contributed by atoms with E-state index in [4.69, 9.17) is 10.5 Å². The maximum absolute atomic E-state index is 11.2. The summed E-state index contributed by atoms with van der Waals surface area (Å²) in [4.78, 5) is 11.2. The van der Waals surface area contributed by atoms with Crippen molar-refractivity contribution < 1.29 is 9.53 Å². The van der Waals surface area contributed by atoms with Crippen molar-refractivity contribution in [1.29, 1.82) is 0 Å². The average Bonchev–Trinajstić information content (AvgIpc) is 2.46. The molecular formula is C15H16N2O2. The summed E-state index contributed by atoms with van der Waals surface area (Å²) in [5.41, 5.74) is 7.18. The van der Waals surface area contributed by atoms with Crippen molar-refractivity contribution in [2.24, 2.45) is 5.73 Å². The van der Waals surface area contributed by atoms with Gasteiger partial charge in [0.1, 0.15) is 5.75 Å². The molecular weight excluding hydrogens is 240 g/mol. The van der Waals surface area contributed by atoms with Crippen LogP contribution in [0, 0.1) is 0 Å². The third-order valence-corrected chi connectivity index (χ3v) is 2.87. The number of carbonyl (C=O) groups is 1. The van der Waals surface area contributed by atoms with Crippen LogP contribution in [-0.4, -0.2) is 13.1 Å². The molecule has 0 saturated heterocycles. The van der Waals surface area contributed by atoms with Gasteiger partial charge in [-0.3, -0.25) is 0 Å². The topological polar surface area (TPSA) is 64.3 Å². The molecule has 2 aromatic rings. The summed E-state index contributed by atoms with van der Waals surface area (Å²) in [6, 6.07) is 16.4. The number of nitrogens with one attached hydrogen (secondary N) is 1. The Morgan fingerprint density at radius 1 is 1.05 bits per heavy atom. The number of hydrogen-bond donors (Lipinski definition) is 2. The van der Waals surface area contributed by atoms with Crippen molar-refractivity contribution in [3.63, 3.8) is 0 Å². The molecule has 0 unspecified atom stereocenters. The highest BCUT2D eigenvalue weighted by molar-refractivity contribution is 5.73. The molecule has 2 amide bonds. The van der Waals surface area contributed by atoms with E-state index in [1.807, 2.05) is 54.6 Å². The lowest BCUT2D eigenvalue weighted by atomic mass is 9.99. The van der Waals surface area contributed by atoms with Crippen molar-refractivity contribution >= 4 is 6.03 Å². The van der Waals surface area contributed by atoms with E-state index in [-0.39, 0.29) is 6.04 Å². The summed E-state index contributed by atoms with van der Waals surface area (Å²) in [5.74, 6) is 0.773. The number of carbonyl (C=O) groups excluding carboxylic acids is 1. The van der Waals surface area contributed by atoms with Crippen molar-refractivity contribution in [2.45, 2.75) is 6.04 Å². The van der Waals surface area contributed by atoms with E-state index in [1.54, 1.807) is 7.11 Å². The smallest absolute Gasteiger partial charge is 0.312 e. The van der Waals surface area contributed by atoms with E-state index in [0.29, 0.717) is 0 Å². The first-order chi connectivity index (χ1) is 9.20. The van der Waals surface area contributed by atoms with Gasteiger partial charge in [-0.15, -0.1) is 0 Å². The van der Waals surface area contributed by atoms with E-state index < -0.39 is 6.03 Å². The van der Waals surface area contributed by atoms with Crippen LogP contribution >= 0.6 is 0 Å². The Kier molecular flexibility index (Phi) is 4.03. The zero-order valence-corrected chi connectivity index (χ0v) is 10.7. The van der Waals surface area contributed by atoms with Crippen LogP contribution in [-0.2, 0) is 0 Å². The fourth-order valence-electron chi connectivity index (χ4n) is 1.94. The minimum Gasteiger partial charge on any atom is -0.497 e. The van der Waals surface area contributed by atoms with Crippen LogP contribution < -0.4 is 15.8 Å². The molecule has 3 N–H and O–H groups in total. The largest absolute Gasteiger partial charge is 0.497 e. The van der Waals surface area contributed by atoms with E-state index in [1.165, 1.54) is 0 Å². The van der Waals surface area contributed by atoms with Gasteiger partial charge in [-0.2, -0.15) is 0 Å². The molecule has 0 aliphatic rings. The second kappa shape index (κ2) is 5.91. The number of primary amides is 1. The maximum atomic E-state index is 11.2. The first kappa shape index (κ1) is 13.0. The minimum atomic E-state index is -0.551. The number of amides is 2. The third kappa shape index (κ3) is 3.25. The summed E-state index contributed by atoms with van der Waals surface area (Å²) in [6.45, 7) is 0. The molecule has 2 rings (SSSR count). The zero-order valence-electron chi connectivity index (χ0n) is 10.7. The Labute approximate surface area is 112 Å². The summed E-state index contributed by atoms with van der Waals surface area (Å²) in [5, 5.41) is 2.75. The Bertz CT molecular complexity index is 538. The van der Waals surface area contributed by atoms with Gasteiger partial charge in [0.25, 0.3) is 0 Å². The minimum absolute atomic E-state index is 0.260. The van der Waals surface area contributed by atoms with E-state index in [2.05, 4.69) is 5.32 Å². The molecule has 1 atom stereocenters. The molecule has 0 heterocycles. The standard InChI is InChI=1S/C15H16N2O2/c1-19-13-9-7-12(8-10-13)14(17-15(16)18)11-5-3-2-4-6-11/h2-10,14H,1H3,(H3,16,17,18)/t14-/m1/s1. The number of rotatable bonds is 4. The SMILES string of the molecule is COc1ccc([C@H](NC(N)=O)c2ccccc2)cc1. The number of urea groups is 1. The molecule has 0 bridgehead atoms. The average molecular weight is 256 g/mol. The summed E-state index contributed by atoms with van der Waals surface area (Å²) in [6.07, 6.45) is 0. The van der Waals surface area contributed by atoms with Gasteiger partial charge >= 0.3 is 6.03 Å². The maximum Gasteiger partial charge on any atom is 0.312 e. The summed E-state index contributed by atoms with van der Waals surface area (Å²) >= 11 is 0. The monoisotopic (exact) mass is 256 g/mol. The van der Waals surface area contributed by atoms with E-state index >= 15 is 0 Å². The molecule has 4 heteroatoms. The van der Waals surface area contributed by atoms with Gasteiger partial charge in [0.15, 0.2) is 0 Å². The molecule has 0 aromatic heterocycles. The van der Waals surface area contributed by atoms with Crippen LogP contribution in [0.2, 0.25) is 0 Å². The molecule has 4 nitrogen and oxygen atoms in total. The Balaban J connectivity index is 2.34. The number of hydrogen-bond acceptors (Lipinski definition) is 2. The van der Waals surface area contributed by atoms with E-state index in [9.17, 15) is 4.79 Å². The van der Waals surface area contributed by atoms with Crippen LogP contribution in [0.3, 0.4) is 0 Å². The highest BCUT2D eigenvalue weighted by Gasteiger charge is 2.15. The van der Waals surface area contributed by atoms with Crippen molar-refractivity contribution in [3.05, 3.63) is 65.7 Å². The molecule has 98 valence electrons. The second-order valence-corrected chi connectivity index (χ2v) is 4.13. The Morgan fingerprint density at radius 2 is 1.63 bits per heavy atom. The van der Waals surface area contributed by atoms with Gasteiger partial charge in [-0.25, -0.2) is 4.79 Å². The molecule has 0 radical (unpaired) electrons. The van der Waals surface area contributed by atoms with Crippen LogP contribution in [0.5, 0.6) is 5.75 Å². The van der Waals surface area contributed by atoms with E-state index in [0.717, 1.165) is 16.9 Å². The van der Waals surface area contributed by atoms with Gasteiger partial charge in [0, 0.05) is 0 Å². The Morgan fingerprint density at radius 3 is 2.16 bits per heavy atom. The zero-order chi connectivity index (χ0) is 13.7. The molecule has 0 aliphatic heterocycles. The lowest BCUT2D eigenvalue weighted by Crippen LogP contribution is -2.33. The summed E-state index contributed by atoms with van der Waals surface area (Å²) in [7, 11) is 1.62. The van der Waals surface area contributed by atoms with Gasteiger partial charge < -0.3 is 15.8 Å². The first-order valence-corrected chi connectivity index (χ1v) is 5.95. The molecule has 2 aromatic carbocycles. The fourth-order valence-corrected chi connectivity index (χ4v) is 1.94. The van der Waals surface area contributed by atoms with Gasteiger partial charge in [-0.1, -0.05) is 42.5 Å². The lowest BCUT2D eigenvalue weighted by Gasteiger charge is -2.18.